The van der Waals surface area contributed by atoms with Gasteiger partial charge in [-0.3, -0.25) is 4.79 Å². The molecule has 0 radical (unpaired) electrons. The van der Waals surface area contributed by atoms with Crippen molar-refractivity contribution in [3.63, 3.8) is 0 Å². The molecule has 4 heteroatoms. The Morgan fingerprint density at radius 3 is 3.00 bits per heavy atom. The summed E-state index contributed by atoms with van der Waals surface area (Å²) in [4.78, 5) is 16.5. The Balaban J connectivity index is 2.40. The molecule has 1 aromatic heterocycles. The summed E-state index contributed by atoms with van der Waals surface area (Å²) in [6, 6.07) is 0. The molecule has 1 rings (SSSR count). The fraction of sp³-hybridized carbons (Fsp3) is 0.556. The van der Waals surface area contributed by atoms with E-state index in [4.69, 9.17) is 0 Å². The van der Waals surface area contributed by atoms with Crippen molar-refractivity contribution >= 4 is 6.29 Å². The first-order chi connectivity index (χ1) is 6.24. The summed E-state index contributed by atoms with van der Waals surface area (Å²) in [5, 5.41) is 0. The second-order valence-corrected chi connectivity index (χ2v) is 3.29. The molecule has 4 nitrogen and oxygen atoms in total. The van der Waals surface area contributed by atoms with E-state index in [9.17, 15) is 4.79 Å². The summed E-state index contributed by atoms with van der Waals surface area (Å²) in [7, 11) is 4.07. The Kier molecular flexibility index (Phi) is 3.64. The Bertz CT molecular complexity index is 268. The number of carbonyl (C=O) groups excluding carboxylic acids is 1. The van der Waals surface area contributed by atoms with E-state index >= 15 is 0 Å². The standard InChI is InChI=1S/C9H15N3O/c1-11(2)4-3-5-12-8-10-6-9(12)7-13/h6-8H,3-5H2,1-2H3. The molecule has 0 aromatic carbocycles. The maximum absolute atomic E-state index is 10.5. The van der Waals surface area contributed by atoms with Crippen molar-refractivity contribution in [2.45, 2.75) is 13.0 Å². The van der Waals surface area contributed by atoms with E-state index < -0.39 is 0 Å². The summed E-state index contributed by atoms with van der Waals surface area (Å²) in [6.07, 6.45) is 5.15. The molecule has 0 N–H and O–H groups in total. The highest BCUT2D eigenvalue weighted by Crippen LogP contribution is 1.97. The van der Waals surface area contributed by atoms with Gasteiger partial charge in [-0.05, 0) is 27.1 Å². The lowest BCUT2D eigenvalue weighted by Crippen LogP contribution is -2.15. The summed E-state index contributed by atoms with van der Waals surface area (Å²) in [5.41, 5.74) is 0.652. The average molecular weight is 181 g/mol. The second-order valence-electron chi connectivity index (χ2n) is 3.29. The number of carbonyl (C=O) groups is 1. The van der Waals surface area contributed by atoms with Crippen LogP contribution in [0.15, 0.2) is 12.5 Å². The quantitative estimate of drug-likeness (QED) is 0.626. The smallest absolute Gasteiger partial charge is 0.168 e. The van der Waals surface area contributed by atoms with Crippen LogP contribution in [-0.2, 0) is 6.54 Å². The number of rotatable bonds is 5. The van der Waals surface area contributed by atoms with Gasteiger partial charge in [0, 0.05) is 6.54 Å². The molecule has 0 atom stereocenters. The Hall–Kier alpha value is -1.16. The molecular weight excluding hydrogens is 166 g/mol. The second kappa shape index (κ2) is 4.77. The molecule has 0 aliphatic rings. The highest BCUT2D eigenvalue weighted by Gasteiger charge is 1.99. The van der Waals surface area contributed by atoms with Gasteiger partial charge in [-0.25, -0.2) is 4.98 Å². The van der Waals surface area contributed by atoms with Crippen molar-refractivity contribution in [2.75, 3.05) is 20.6 Å². The van der Waals surface area contributed by atoms with E-state index in [1.165, 1.54) is 0 Å². The van der Waals surface area contributed by atoms with Crippen molar-refractivity contribution < 1.29 is 4.79 Å². The van der Waals surface area contributed by atoms with Gasteiger partial charge >= 0.3 is 0 Å². The maximum Gasteiger partial charge on any atom is 0.168 e. The van der Waals surface area contributed by atoms with Gasteiger partial charge in [0.15, 0.2) is 6.29 Å². The van der Waals surface area contributed by atoms with Gasteiger partial charge in [0.2, 0.25) is 0 Å². The monoisotopic (exact) mass is 181 g/mol. The molecule has 0 bridgehead atoms. The molecule has 1 heterocycles. The number of imidazole rings is 1. The van der Waals surface area contributed by atoms with Crippen molar-refractivity contribution in [2.24, 2.45) is 0 Å². The van der Waals surface area contributed by atoms with Crippen molar-refractivity contribution in [1.29, 1.82) is 0 Å². The largest absolute Gasteiger partial charge is 0.328 e. The third-order valence-corrected chi connectivity index (χ3v) is 1.87. The number of aldehydes is 1. The van der Waals surface area contributed by atoms with Crippen LogP contribution in [0.5, 0.6) is 0 Å². The Morgan fingerprint density at radius 2 is 2.38 bits per heavy atom. The van der Waals surface area contributed by atoms with E-state index in [1.807, 2.05) is 18.7 Å². The third kappa shape index (κ3) is 2.99. The van der Waals surface area contributed by atoms with E-state index in [2.05, 4.69) is 9.88 Å². The number of hydrogen-bond donors (Lipinski definition) is 0. The molecule has 0 aliphatic heterocycles. The van der Waals surface area contributed by atoms with Crippen LogP contribution < -0.4 is 0 Å². The van der Waals surface area contributed by atoms with Crippen LogP contribution in [0.4, 0.5) is 0 Å². The first kappa shape index (κ1) is 9.92. The van der Waals surface area contributed by atoms with Gasteiger partial charge in [0.1, 0.15) is 5.69 Å². The van der Waals surface area contributed by atoms with Crippen LogP contribution in [0, 0.1) is 0 Å². The molecule has 0 unspecified atom stereocenters. The molecule has 0 saturated heterocycles. The minimum Gasteiger partial charge on any atom is -0.328 e. The summed E-state index contributed by atoms with van der Waals surface area (Å²) < 4.78 is 1.87. The van der Waals surface area contributed by atoms with Gasteiger partial charge < -0.3 is 9.47 Å². The molecule has 0 fully saturated rings. The van der Waals surface area contributed by atoms with E-state index in [0.717, 1.165) is 25.8 Å². The minimum atomic E-state index is 0.652. The number of hydrogen-bond acceptors (Lipinski definition) is 3. The van der Waals surface area contributed by atoms with Gasteiger partial charge in [0.25, 0.3) is 0 Å². The number of aromatic nitrogens is 2. The molecule has 1 aromatic rings. The predicted octanol–water partition coefficient (Wildman–Crippen LogP) is 0.647. The molecule has 13 heavy (non-hydrogen) atoms. The highest BCUT2D eigenvalue weighted by atomic mass is 16.1. The zero-order valence-electron chi connectivity index (χ0n) is 8.10. The Labute approximate surface area is 78.2 Å². The van der Waals surface area contributed by atoms with Crippen LogP contribution in [0.2, 0.25) is 0 Å². The normalized spacial score (nSPS) is 10.7. The topological polar surface area (TPSA) is 38.1 Å². The van der Waals surface area contributed by atoms with Crippen molar-refractivity contribution in [3.8, 4) is 0 Å². The molecule has 0 amide bonds. The lowest BCUT2D eigenvalue weighted by molar-refractivity contribution is 0.111. The first-order valence-electron chi connectivity index (χ1n) is 4.34. The summed E-state index contributed by atoms with van der Waals surface area (Å²) in [6.45, 7) is 1.88. The number of nitrogens with zero attached hydrogens (tertiary/aromatic N) is 3. The zero-order valence-corrected chi connectivity index (χ0v) is 8.10. The van der Waals surface area contributed by atoms with Gasteiger partial charge in [0.05, 0.1) is 12.5 Å². The van der Waals surface area contributed by atoms with E-state index in [0.29, 0.717) is 5.69 Å². The SMILES string of the molecule is CN(C)CCCn1cncc1C=O. The predicted molar refractivity (Wildman–Crippen MR) is 50.8 cm³/mol. The summed E-state index contributed by atoms with van der Waals surface area (Å²) in [5.74, 6) is 0. The van der Waals surface area contributed by atoms with Crippen LogP contribution in [0.1, 0.15) is 16.9 Å². The van der Waals surface area contributed by atoms with Crippen LogP contribution >= 0.6 is 0 Å². The highest BCUT2D eigenvalue weighted by molar-refractivity contribution is 5.71. The summed E-state index contributed by atoms with van der Waals surface area (Å²) >= 11 is 0. The Morgan fingerprint density at radius 1 is 1.62 bits per heavy atom. The first-order valence-corrected chi connectivity index (χ1v) is 4.34. The van der Waals surface area contributed by atoms with Gasteiger partial charge in [-0.2, -0.15) is 0 Å². The zero-order chi connectivity index (χ0) is 9.68. The molecule has 0 aliphatic carbocycles. The molecule has 72 valence electrons. The van der Waals surface area contributed by atoms with E-state index in [-0.39, 0.29) is 0 Å². The third-order valence-electron chi connectivity index (χ3n) is 1.87. The van der Waals surface area contributed by atoms with Crippen molar-refractivity contribution in [1.82, 2.24) is 14.5 Å². The van der Waals surface area contributed by atoms with Gasteiger partial charge in [-0.1, -0.05) is 0 Å². The van der Waals surface area contributed by atoms with Crippen LogP contribution in [-0.4, -0.2) is 41.4 Å². The molecule has 0 spiro atoms. The molecule has 0 saturated carbocycles. The lowest BCUT2D eigenvalue weighted by Gasteiger charge is -2.09. The fourth-order valence-electron chi connectivity index (χ4n) is 1.17. The molecular formula is C9H15N3O. The lowest BCUT2D eigenvalue weighted by atomic mass is 10.4. The minimum absolute atomic E-state index is 0.652. The number of aryl methyl sites for hydroxylation is 1. The average Bonchev–Trinajstić information content (AvgIpc) is 2.51. The fourth-order valence-corrected chi connectivity index (χ4v) is 1.17. The maximum atomic E-state index is 10.5. The van der Waals surface area contributed by atoms with Crippen molar-refractivity contribution in [3.05, 3.63) is 18.2 Å². The van der Waals surface area contributed by atoms with Crippen LogP contribution in [0.25, 0.3) is 0 Å². The van der Waals surface area contributed by atoms with Crippen LogP contribution in [0.3, 0.4) is 0 Å². The van der Waals surface area contributed by atoms with E-state index in [1.54, 1.807) is 12.5 Å². The van der Waals surface area contributed by atoms with Gasteiger partial charge in [-0.15, -0.1) is 0 Å².